The number of hydrogen-bond donors (Lipinski definition) is 0. The zero-order valence-corrected chi connectivity index (χ0v) is 14.3. The van der Waals surface area contributed by atoms with Gasteiger partial charge in [-0.3, -0.25) is 4.79 Å². The maximum atomic E-state index is 12.1. The highest BCUT2D eigenvalue weighted by molar-refractivity contribution is 6.30. The van der Waals surface area contributed by atoms with E-state index in [9.17, 15) is 18.0 Å². The summed E-state index contributed by atoms with van der Waals surface area (Å²) in [6, 6.07) is 6.94. The van der Waals surface area contributed by atoms with Crippen LogP contribution in [0.4, 0.5) is 13.2 Å². The molecule has 1 aromatic heterocycles. The monoisotopic (exact) mass is 375 g/mol. The van der Waals surface area contributed by atoms with Crippen LogP contribution in [-0.4, -0.2) is 40.7 Å². The lowest BCUT2D eigenvalue weighted by atomic mass is 10.2. The number of amides is 1. The Kier molecular flexibility index (Phi) is 6.41. The Labute approximate surface area is 147 Å². The van der Waals surface area contributed by atoms with Gasteiger partial charge in [0.05, 0.1) is 6.42 Å². The van der Waals surface area contributed by atoms with Crippen LogP contribution in [0.15, 0.2) is 28.8 Å². The summed E-state index contributed by atoms with van der Waals surface area (Å²) < 4.78 is 41.5. The van der Waals surface area contributed by atoms with Crippen LogP contribution in [0.25, 0.3) is 11.4 Å². The molecule has 5 nitrogen and oxygen atoms in total. The predicted molar refractivity (Wildman–Crippen MR) is 86.0 cm³/mol. The predicted octanol–water partition coefficient (Wildman–Crippen LogP) is 4.12. The second-order valence-electron chi connectivity index (χ2n) is 5.55. The Morgan fingerprint density at radius 1 is 1.28 bits per heavy atom. The van der Waals surface area contributed by atoms with Crippen molar-refractivity contribution in [3.8, 4) is 11.4 Å². The van der Waals surface area contributed by atoms with Crippen molar-refractivity contribution in [3.63, 3.8) is 0 Å². The van der Waals surface area contributed by atoms with E-state index in [1.165, 1.54) is 7.05 Å². The van der Waals surface area contributed by atoms with Crippen molar-refractivity contribution in [2.45, 2.75) is 31.9 Å². The smallest absolute Gasteiger partial charge is 0.345 e. The molecule has 1 heterocycles. The number of hydrogen-bond acceptors (Lipinski definition) is 4. The fourth-order valence-corrected chi connectivity index (χ4v) is 2.20. The maximum absolute atomic E-state index is 12.1. The summed E-state index contributed by atoms with van der Waals surface area (Å²) in [5.74, 6) is 0.442. The van der Waals surface area contributed by atoms with Gasteiger partial charge in [-0.2, -0.15) is 18.2 Å². The van der Waals surface area contributed by atoms with Crippen molar-refractivity contribution >= 4 is 17.5 Å². The van der Waals surface area contributed by atoms with Crippen LogP contribution >= 0.6 is 11.6 Å². The highest BCUT2D eigenvalue weighted by atomic mass is 35.5. The quantitative estimate of drug-likeness (QED) is 0.730. The third kappa shape index (κ3) is 6.38. The number of aryl methyl sites for hydroxylation is 1. The van der Waals surface area contributed by atoms with E-state index < -0.39 is 12.6 Å². The van der Waals surface area contributed by atoms with E-state index in [0.29, 0.717) is 29.6 Å². The number of carbonyl (C=O) groups excluding carboxylic acids is 1. The molecule has 0 aliphatic carbocycles. The molecule has 0 unspecified atom stereocenters. The van der Waals surface area contributed by atoms with Crippen LogP contribution < -0.4 is 0 Å². The lowest BCUT2D eigenvalue weighted by Crippen LogP contribution is -2.30. The van der Waals surface area contributed by atoms with Crippen molar-refractivity contribution < 1.29 is 22.5 Å². The van der Waals surface area contributed by atoms with E-state index >= 15 is 0 Å². The third-order valence-electron chi connectivity index (χ3n) is 3.51. The molecule has 9 heteroatoms. The van der Waals surface area contributed by atoms with Crippen molar-refractivity contribution in [2.24, 2.45) is 0 Å². The summed E-state index contributed by atoms with van der Waals surface area (Å²) in [7, 11) is 1.36. The molecule has 136 valence electrons. The zero-order valence-electron chi connectivity index (χ0n) is 13.5. The number of nitrogens with zero attached hydrogens (tertiary/aromatic N) is 3. The summed E-state index contributed by atoms with van der Waals surface area (Å²) in [5, 5.41) is 4.45. The Morgan fingerprint density at radius 3 is 2.60 bits per heavy atom. The second kappa shape index (κ2) is 8.33. The van der Waals surface area contributed by atoms with Gasteiger partial charge >= 0.3 is 6.18 Å². The van der Waals surface area contributed by atoms with E-state index in [-0.39, 0.29) is 18.9 Å². The molecular formula is C16H17ClF3N3O2. The Hall–Kier alpha value is -2.09. The number of rotatable bonds is 7. The second-order valence-corrected chi connectivity index (χ2v) is 5.99. The van der Waals surface area contributed by atoms with Gasteiger partial charge < -0.3 is 9.42 Å². The molecule has 0 fully saturated rings. The van der Waals surface area contributed by atoms with E-state index in [1.807, 2.05) is 0 Å². The summed E-state index contributed by atoms with van der Waals surface area (Å²) in [4.78, 5) is 17.1. The molecular weight excluding hydrogens is 359 g/mol. The molecule has 0 saturated heterocycles. The molecule has 0 aliphatic heterocycles. The lowest BCUT2D eigenvalue weighted by Gasteiger charge is -2.17. The van der Waals surface area contributed by atoms with Crippen LogP contribution in [0.2, 0.25) is 5.02 Å². The van der Waals surface area contributed by atoms with Gasteiger partial charge in [0.2, 0.25) is 17.6 Å². The Balaban J connectivity index is 1.78. The molecule has 0 radical (unpaired) electrons. The molecule has 1 amide bonds. The zero-order chi connectivity index (χ0) is 18.4. The van der Waals surface area contributed by atoms with Crippen LogP contribution in [0.3, 0.4) is 0 Å². The van der Waals surface area contributed by atoms with Gasteiger partial charge in [-0.1, -0.05) is 16.8 Å². The first-order chi connectivity index (χ1) is 11.7. The summed E-state index contributed by atoms with van der Waals surface area (Å²) in [6.45, 7) is -0.344. The third-order valence-corrected chi connectivity index (χ3v) is 3.76. The van der Waals surface area contributed by atoms with E-state index in [1.54, 1.807) is 24.3 Å². The molecule has 25 heavy (non-hydrogen) atoms. The largest absolute Gasteiger partial charge is 0.390 e. The summed E-state index contributed by atoms with van der Waals surface area (Å²) in [6.07, 6.45) is -4.37. The molecule has 0 N–H and O–H groups in total. The summed E-state index contributed by atoms with van der Waals surface area (Å²) >= 11 is 5.81. The first-order valence-corrected chi connectivity index (χ1v) is 8.01. The van der Waals surface area contributed by atoms with Gasteiger partial charge in [0.25, 0.3) is 0 Å². The molecule has 0 aliphatic rings. The average Bonchev–Trinajstić information content (AvgIpc) is 3.01. The molecule has 0 bridgehead atoms. The molecule has 0 spiro atoms. The Morgan fingerprint density at radius 2 is 1.96 bits per heavy atom. The fraction of sp³-hybridized carbons (Fsp3) is 0.438. The summed E-state index contributed by atoms with van der Waals surface area (Å²) in [5.41, 5.74) is 0.752. The van der Waals surface area contributed by atoms with Crippen molar-refractivity contribution in [2.75, 3.05) is 13.6 Å². The van der Waals surface area contributed by atoms with Crippen LogP contribution in [0, 0.1) is 0 Å². The van der Waals surface area contributed by atoms with E-state index in [4.69, 9.17) is 16.1 Å². The van der Waals surface area contributed by atoms with Gasteiger partial charge in [-0.05, 0) is 30.7 Å². The van der Waals surface area contributed by atoms with E-state index in [0.717, 1.165) is 10.5 Å². The highest BCUT2D eigenvalue weighted by Crippen LogP contribution is 2.20. The van der Waals surface area contributed by atoms with Crippen LogP contribution in [-0.2, 0) is 11.2 Å². The normalized spacial score (nSPS) is 11.6. The molecule has 2 aromatic rings. The van der Waals surface area contributed by atoms with Gasteiger partial charge in [0.15, 0.2) is 0 Å². The number of aromatic nitrogens is 2. The van der Waals surface area contributed by atoms with Crippen molar-refractivity contribution in [1.29, 1.82) is 0 Å². The van der Waals surface area contributed by atoms with Gasteiger partial charge in [0, 0.05) is 37.0 Å². The molecule has 0 saturated carbocycles. The lowest BCUT2D eigenvalue weighted by molar-refractivity contribution is -0.144. The van der Waals surface area contributed by atoms with Crippen molar-refractivity contribution in [3.05, 3.63) is 35.2 Å². The van der Waals surface area contributed by atoms with Crippen molar-refractivity contribution in [1.82, 2.24) is 15.0 Å². The minimum atomic E-state index is -4.27. The minimum Gasteiger partial charge on any atom is -0.345 e. The number of benzene rings is 1. The first kappa shape index (κ1) is 19.2. The highest BCUT2D eigenvalue weighted by Gasteiger charge is 2.27. The average molecular weight is 376 g/mol. The maximum Gasteiger partial charge on any atom is 0.390 e. The number of alkyl halides is 3. The molecule has 1 aromatic carbocycles. The minimum absolute atomic E-state index is 0.118. The number of carbonyl (C=O) groups is 1. The van der Waals surface area contributed by atoms with E-state index in [2.05, 4.69) is 10.1 Å². The first-order valence-electron chi connectivity index (χ1n) is 7.64. The van der Waals surface area contributed by atoms with Gasteiger partial charge in [-0.15, -0.1) is 0 Å². The molecule has 0 atom stereocenters. The Bertz CT molecular complexity index is 701. The fourth-order valence-electron chi connectivity index (χ4n) is 2.07. The van der Waals surface area contributed by atoms with Crippen LogP contribution in [0.5, 0.6) is 0 Å². The SMILES string of the molecule is CN(CCC(F)(F)F)C(=O)CCCc1nc(-c2ccc(Cl)cc2)no1. The standard InChI is InChI=1S/C16H17ClF3N3O2/c1-23(10-9-16(18,19)20)14(24)4-2-3-13-21-15(22-25-13)11-5-7-12(17)8-6-11/h5-8H,2-4,9-10H2,1H3. The van der Waals surface area contributed by atoms with Crippen LogP contribution in [0.1, 0.15) is 25.2 Å². The van der Waals surface area contributed by atoms with Gasteiger partial charge in [0.1, 0.15) is 0 Å². The molecule has 2 rings (SSSR count). The topological polar surface area (TPSA) is 59.2 Å². The van der Waals surface area contributed by atoms with Gasteiger partial charge in [-0.25, -0.2) is 0 Å². The number of halogens is 4.